The molecule has 1 amide bonds. The molecule has 0 unspecified atom stereocenters. The average molecular weight is 421 g/mol. The number of halogens is 1. The van der Waals surface area contributed by atoms with Gasteiger partial charge in [0.15, 0.2) is 0 Å². The maximum atomic E-state index is 12.4. The smallest absolute Gasteiger partial charge is 0.224 e. The van der Waals surface area contributed by atoms with Gasteiger partial charge in [0, 0.05) is 34.9 Å². The van der Waals surface area contributed by atoms with Gasteiger partial charge in [-0.2, -0.15) is 0 Å². The van der Waals surface area contributed by atoms with Crippen LogP contribution in [0.25, 0.3) is 11.1 Å². The van der Waals surface area contributed by atoms with Crippen LogP contribution < -0.4 is 15.0 Å². The Morgan fingerprint density at radius 1 is 1.10 bits per heavy atom. The van der Waals surface area contributed by atoms with E-state index >= 15 is 0 Å². The molecule has 0 aliphatic carbocycles. The molecule has 4 nitrogen and oxygen atoms in total. The average Bonchev–Trinajstić information content (AvgIpc) is 2.74. The minimum atomic E-state index is 0.0544. The highest BCUT2D eigenvalue weighted by Gasteiger charge is 2.32. The Kier molecular flexibility index (Phi) is 5.69. The zero-order valence-corrected chi connectivity index (χ0v) is 18.1. The first-order valence-corrected chi connectivity index (χ1v) is 10.4. The van der Waals surface area contributed by atoms with E-state index in [0.29, 0.717) is 5.02 Å². The van der Waals surface area contributed by atoms with Gasteiger partial charge in [0.25, 0.3) is 0 Å². The number of benzene rings is 3. The molecule has 5 heteroatoms. The summed E-state index contributed by atoms with van der Waals surface area (Å²) in [6.45, 7) is 3.72. The molecule has 0 aromatic heterocycles. The van der Waals surface area contributed by atoms with E-state index in [0.717, 1.165) is 40.2 Å². The molecule has 30 heavy (non-hydrogen) atoms. The number of amides is 1. The first kappa shape index (κ1) is 20.3. The van der Waals surface area contributed by atoms with Crippen molar-refractivity contribution in [2.45, 2.75) is 32.4 Å². The summed E-state index contributed by atoms with van der Waals surface area (Å²) in [6, 6.07) is 22.1. The van der Waals surface area contributed by atoms with Crippen LogP contribution >= 0.6 is 11.6 Å². The van der Waals surface area contributed by atoms with E-state index in [9.17, 15) is 4.79 Å². The zero-order valence-electron chi connectivity index (χ0n) is 17.4. The largest absolute Gasteiger partial charge is 0.496 e. The van der Waals surface area contributed by atoms with Crippen molar-refractivity contribution in [2.75, 3.05) is 17.3 Å². The van der Waals surface area contributed by atoms with Crippen molar-refractivity contribution in [1.82, 2.24) is 0 Å². The molecular formula is C25H25ClN2O2. The van der Waals surface area contributed by atoms with E-state index in [-0.39, 0.29) is 18.0 Å². The molecule has 0 saturated carbocycles. The second-order valence-corrected chi connectivity index (χ2v) is 8.09. The van der Waals surface area contributed by atoms with Crippen molar-refractivity contribution in [2.24, 2.45) is 0 Å². The molecular weight excluding hydrogens is 396 g/mol. The molecule has 1 N–H and O–H groups in total. The number of hydrogen-bond donors (Lipinski definition) is 1. The summed E-state index contributed by atoms with van der Waals surface area (Å²) in [5, 5.41) is 4.34. The second kappa shape index (κ2) is 8.41. The van der Waals surface area contributed by atoms with Crippen LogP contribution in [-0.4, -0.2) is 19.1 Å². The molecule has 4 rings (SSSR count). The molecule has 0 spiro atoms. The summed E-state index contributed by atoms with van der Waals surface area (Å²) < 4.78 is 5.56. The van der Waals surface area contributed by atoms with E-state index in [4.69, 9.17) is 16.3 Å². The molecule has 1 aliphatic rings. The van der Waals surface area contributed by atoms with Gasteiger partial charge in [-0.15, -0.1) is 0 Å². The second-order valence-electron chi connectivity index (χ2n) is 7.65. The predicted molar refractivity (Wildman–Crippen MR) is 123 cm³/mol. The first-order chi connectivity index (χ1) is 14.5. The lowest BCUT2D eigenvalue weighted by atomic mass is 9.88. The zero-order chi connectivity index (χ0) is 21.3. The number of ether oxygens (including phenoxy) is 1. The van der Waals surface area contributed by atoms with Crippen LogP contribution in [0, 0.1) is 0 Å². The summed E-state index contributed by atoms with van der Waals surface area (Å²) in [6.07, 6.45) is 0.810. The topological polar surface area (TPSA) is 41.6 Å². The van der Waals surface area contributed by atoms with Crippen LogP contribution in [0.5, 0.6) is 5.75 Å². The van der Waals surface area contributed by atoms with E-state index < -0.39 is 0 Å². The molecule has 0 radical (unpaired) electrons. The Morgan fingerprint density at radius 3 is 2.53 bits per heavy atom. The fourth-order valence-corrected chi connectivity index (χ4v) is 4.40. The summed E-state index contributed by atoms with van der Waals surface area (Å²) in [4.78, 5) is 14.3. The van der Waals surface area contributed by atoms with Gasteiger partial charge in [-0.25, -0.2) is 0 Å². The van der Waals surface area contributed by atoms with Crippen LogP contribution in [0.3, 0.4) is 0 Å². The van der Waals surface area contributed by atoms with Gasteiger partial charge >= 0.3 is 0 Å². The fraction of sp³-hybridized carbons (Fsp3) is 0.240. The number of para-hydroxylation sites is 1. The van der Waals surface area contributed by atoms with Gasteiger partial charge in [-0.1, -0.05) is 35.9 Å². The lowest BCUT2D eigenvalue weighted by Crippen LogP contribution is -2.43. The highest BCUT2D eigenvalue weighted by molar-refractivity contribution is 6.30. The number of rotatable bonds is 4. The number of nitrogens with zero attached hydrogens (tertiary/aromatic N) is 1. The predicted octanol–water partition coefficient (Wildman–Crippen LogP) is 6.31. The van der Waals surface area contributed by atoms with Crippen LogP contribution in [0.2, 0.25) is 5.02 Å². The van der Waals surface area contributed by atoms with E-state index in [1.165, 1.54) is 0 Å². The summed E-state index contributed by atoms with van der Waals surface area (Å²) in [5.74, 6) is 0.881. The van der Waals surface area contributed by atoms with E-state index in [1.807, 2.05) is 53.4 Å². The molecule has 3 aromatic rings. The SMILES string of the molecule is COc1ccccc1-c1ccc2c(c1)[C@@H](Nc1ccc(Cl)cc1)C[C@@H](C)N2C(C)=O. The molecule has 0 fully saturated rings. The number of fused-ring (bicyclic) bond motifs is 1. The van der Waals surface area contributed by atoms with Gasteiger partial charge in [0.05, 0.1) is 13.2 Å². The van der Waals surface area contributed by atoms with Crippen molar-refractivity contribution < 1.29 is 9.53 Å². The van der Waals surface area contributed by atoms with Gasteiger partial charge in [0.2, 0.25) is 5.91 Å². The van der Waals surface area contributed by atoms with E-state index in [1.54, 1.807) is 14.0 Å². The third-order valence-electron chi connectivity index (χ3n) is 5.62. The number of methoxy groups -OCH3 is 1. The minimum Gasteiger partial charge on any atom is -0.496 e. The lowest BCUT2D eigenvalue weighted by molar-refractivity contribution is -0.117. The molecule has 154 valence electrons. The van der Waals surface area contributed by atoms with Crippen LogP contribution in [0.4, 0.5) is 11.4 Å². The van der Waals surface area contributed by atoms with Crippen molar-refractivity contribution in [1.29, 1.82) is 0 Å². The highest BCUT2D eigenvalue weighted by atomic mass is 35.5. The Labute approximate surface area is 182 Å². The lowest BCUT2D eigenvalue weighted by Gasteiger charge is -2.39. The molecule has 1 aliphatic heterocycles. The minimum absolute atomic E-state index is 0.0544. The number of carbonyl (C=O) groups is 1. The molecule has 1 heterocycles. The maximum absolute atomic E-state index is 12.4. The van der Waals surface area contributed by atoms with Crippen molar-refractivity contribution in [3.63, 3.8) is 0 Å². The molecule has 3 aromatic carbocycles. The number of hydrogen-bond acceptors (Lipinski definition) is 3. The van der Waals surface area contributed by atoms with Crippen LogP contribution in [0.15, 0.2) is 66.7 Å². The Bertz CT molecular complexity index is 1060. The Hall–Kier alpha value is -2.98. The number of anilines is 2. The van der Waals surface area contributed by atoms with E-state index in [2.05, 4.69) is 30.4 Å². The van der Waals surface area contributed by atoms with Gasteiger partial charge in [-0.05, 0) is 66.9 Å². The summed E-state index contributed by atoms with van der Waals surface area (Å²) >= 11 is 6.05. The summed E-state index contributed by atoms with van der Waals surface area (Å²) in [7, 11) is 1.68. The van der Waals surface area contributed by atoms with Crippen molar-refractivity contribution in [3.05, 3.63) is 77.3 Å². The number of nitrogens with one attached hydrogen (secondary N) is 1. The normalized spacial score (nSPS) is 17.9. The molecule has 0 bridgehead atoms. The van der Waals surface area contributed by atoms with Gasteiger partial charge < -0.3 is 15.0 Å². The third-order valence-corrected chi connectivity index (χ3v) is 5.87. The van der Waals surface area contributed by atoms with Crippen LogP contribution in [0.1, 0.15) is 31.9 Å². The fourth-order valence-electron chi connectivity index (χ4n) is 4.28. The highest BCUT2D eigenvalue weighted by Crippen LogP contribution is 2.42. The standard InChI is InChI=1S/C25H25ClN2O2/c1-16-14-23(27-20-11-9-19(26)10-12-20)22-15-18(8-13-24(22)28(16)17(2)29)21-6-4-5-7-25(21)30-3/h4-13,15-16,23,27H,14H2,1-3H3/t16-,23+/m1/s1. The monoisotopic (exact) mass is 420 g/mol. The third kappa shape index (κ3) is 3.88. The summed E-state index contributed by atoms with van der Waals surface area (Å²) in [5.41, 5.74) is 5.14. The molecule has 0 saturated heterocycles. The molecule has 2 atom stereocenters. The Balaban J connectivity index is 1.80. The van der Waals surface area contributed by atoms with Crippen molar-refractivity contribution in [3.8, 4) is 16.9 Å². The van der Waals surface area contributed by atoms with Crippen molar-refractivity contribution >= 4 is 28.9 Å². The number of carbonyl (C=O) groups excluding carboxylic acids is 1. The van der Waals surface area contributed by atoms with Crippen LogP contribution in [-0.2, 0) is 4.79 Å². The Morgan fingerprint density at radius 2 is 1.83 bits per heavy atom. The van der Waals surface area contributed by atoms with Gasteiger partial charge in [-0.3, -0.25) is 4.79 Å². The quantitative estimate of drug-likeness (QED) is 0.537. The first-order valence-electron chi connectivity index (χ1n) is 10.1. The van der Waals surface area contributed by atoms with Gasteiger partial charge in [0.1, 0.15) is 5.75 Å². The maximum Gasteiger partial charge on any atom is 0.224 e.